The molecule has 0 saturated carbocycles. The van der Waals surface area contributed by atoms with E-state index in [-0.39, 0.29) is 0 Å². The van der Waals surface area contributed by atoms with Crippen LogP contribution >= 0.6 is 28.1 Å². The standard InChI is InChI=1S/C15H13BrN4S/c1-9-6-12(7-10(2)13(9)16)20-14(18-19-15(20)21)11-4-3-5-17-8-11/h3-8H,1-2H3,(H,19,21). The summed E-state index contributed by atoms with van der Waals surface area (Å²) in [5.41, 5.74) is 4.23. The number of benzene rings is 1. The van der Waals surface area contributed by atoms with Crippen LogP contribution in [0, 0.1) is 18.6 Å². The van der Waals surface area contributed by atoms with Gasteiger partial charge >= 0.3 is 0 Å². The first-order valence-corrected chi connectivity index (χ1v) is 7.63. The smallest absolute Gasteiger partial charge is 0.200 e. The maximum atomic E-state index is 5.39. The highest BCUT2D eigenvalue weighted by Gasteiger charge is 2.12. The minimum Gasteiger partial charge on any atom is -0.268 e. The first-order chi connectivity index (χ1) is 10.1. The lowest BCUT2D eigenvalue weighted by Gasteiger charge is -2.11. The van der Waals surface area contributed by atoms with Crippen molar-refractivity contribution in [2.45, 2.75) is 13.8 Å². The van der Waals surface area contributed by atoms with Crippen LogP contribution in [0.2, 0.25) is 0 Å². The van der Waals surface area contributed by atoms with Gasteiger partial charge in [0.15, 0.2) is 10.6 Å². The Morgan fingerprint density at radius 2 is 1.95 bits per heavy atom. The van der Waals surface area contributed by atoms with E-state index in [1.54, 1.807) is 12.4 Å². The van der Waals surface area contributed by atoms with Crippen molar-refractivity contribution in [2.24, 2.45) is 0 Å². The molecule has 1 aromatic carbocycles. The molecule has 3 rings (SSSR count). The summed E-state index contributed by atoms with van der Waals surface area (Å²) in [6.45, 7) is 4.13. The minimum absolute atomic E-state index is 0.565. The Morgan fingerprint density at radius 3 is 2.57 bits per heavy atom. The number of H-pyrrole nitrogens is 1. The Labute approximate surface area is 136 Å². The molecular weight excluding hydrogens is 348 g/mol. The third-order valence-corrected chi connectivity index (χ3v) is 4.80. The predicted molar refractivity (Wildman–Crippen MR) is 89.2 cm³/mol. The second-order valence-electron chi connectivity index (χ2n) is 4.82. The average Bonchev–Trinajstić information content (AvgIpc) is 2.87. The average molecular weight is 361 g/mol. The van der Waals surface area contributed by atoms with E-state index in [2.05, 4.69) is 57.1 Å². The van der Waals surface area contributed by atoms with Gasteiger partial charge in [-0.1, -0.05) is 15.9 Å². The van der Waals surface area contributed by atoms with Gasteiger partial charge in [-0.2, -0.15) is 5.10 Å². The predicted octanol–water partition coefficient (Wildman–Crippen LogP) is 4.37. The number of aryl methyl sites for hydroxylation is 2. The third-order valence-electron chi connectivity index (χ3n) is 3.27. The highest BCUT2D eigenvalue weighted by atomic mass is 79.9. The van der Waals surface area contributed by atoms with Crippen LogP contribution in [0.1, 0.15) is 11.1 Å². The van der Waals surface area contributed by atoms with Gasteiger partial charge < -0.3 is 0 Å². The van der Waals surface area contributed by atoms with E-state index in [0.29, 0.717) is 4.77 Å². The maximum absolute atomic E-state index is 5.39. The number of aromatic amines is 1. The molecule has 0 bridgehead atoms. The second-order valence-corrected chi connectivity index (χ2v) is 6.00. The Balaban J connectivity index is 2.25. The molecule has 21 heavy (non-hydrogen) atoms. The van der Waals surface area contributed by atoms with Crippen molar-refractivity contribution >= 4 is 28.1 Å². The lowest BCUT2D eigenvalue weighted by molar-refractivity contribution is 1.03. The first kappa shape index (κ1) is 14.2. The molecule has 0 atom stereocenters. The van der Waals surface area contributed by atoms with E-state index >= 15 is 0 Å². The summed E-state index contributed by atoms with van der Waals surface area (Å²) in [5.74, 6) is 0.759. The lowest BCUT2D eigenvalue weighted by atomic mass is 10.1. The molecule has 0 aliphatic carbocycles. The number of nitrogens with zero attached hydrogens (tertiary/aromatic N) is 3. The molecule has 6 heteroatoms. The number of hydrogen-bond donors (Lipinski definition) is 1. The molecular formula is C15H13BrN4S. The summed E-state index contributed by atoms with van der Waals surface area (Å²) in [6.07, 6.45) is 3.52. The number of hydrogen-bond acceptors (Lipinski definition) is 3. The van der Waals surface area contributed by atoms with E-state index in [9.17, 15) is 0 Å². The van der Waals surface area contributed by atoms with Crippen LogP contribution in [0.3, 0.4) is 0 Å². The third kappa shape index (κ3) is 2.56. The van der Waals surface area contributed by atoms with E-state index in [4.69, 9.17) is 12.2 Å². The Bertz CT molecular complexity index is 829. The Hall–Kier alpha value is -1.79. The molecule has 0 unspecified atom stereocenters. The summed E-state index contributed by atoms with van der Waals surface area (Å²) in [6, 6.07) is 8.02. The zero-order valence-corrected chi connectivity index (χ0v) is 14.0. The fourth-order valence-electron chi connectivity index (χ4n) is 2.28. The molecule has 0 fully saturated rings. The fraction of sp³-hybridized carbons (Fsp3) is 0.133. The van der Waals surface area contributed by atoms with Crippen molar-refractivity contribution in [3.8, 4) is 17.1 Å². The lowest BCUT2D eigenvalue weighted by Crippen LogP contribution is -2.00. The first-order valence-electron chi connectivity index (χ1n) is 6.43. The quantitative estimate of drug-likeness (QED) is 0.690. The van der Waals surface area contributed by atoms with Gasteiger partial charge in [0.2, 0.25) is 0 Å². The Morgan fingerprint density at radius 1 is 1.24 bits per heavy atom. The van der Waals surface area contributed by atoms with Crippen LogP contribution in [0.4, 0.5) is 0 Å². The van der Waals surface area contributed by atoms with Gasteiger partial charge in [-0.15, -0.1) is 0 Å². The fourth-order valence-corrected chi connectivity index (χ4v) is 2.74. The summed E-state index contributed by atoms with van der Waals surface area (Å²) < 4.78 is 3.61. The number of nitrogens with one attached hydrogen (secondary N) is 1. The van der Waals surface area contributed by atoms with Gasteiger partial charge in [-0.05, 0) is 61.5 Å². The monoisotopic (exact) mass is 360 g/mol. The molecule has 0 radical (unpaired) electrons. The number of aromatic nitrogens is 4. The topological polar surface area (TPSA) is 46.5 Å². The van der Waals surface area contributed by atoms with Crippen molar-refractivity contribution in [2.75, 3.05) is 0 Å². The molecule has 0 spiro atoms. The summed E-state index contributed by atoms with van der Waals surface area (Å²) in [4.78, 5) is 4.15. The number of halogens is 1. The highest BCUT2D eigenvalue weighted by Crippen LogP contribution is 2.27. The van der Waals surface area contributed by atoms with Gasteiger partial charge in [0.05, 0.1) is 5.69 Å². The normalized spacial score (nSPS) is 10.8. The van der Waals surface area contributed by atoms with Gasteiger partial charge in [-0.25, -0.2) is 0 Å². The summed E-state index contributed by atoms with van der Waals surface area (Å²) in [7, 11) is 0. The summed E-state index contributed by atoms with van der Waals surface area (Å²) in [5, 5.41) is 7.20. The maximum Gasteiger partial charge on any atom is 0.200 e. The van der Waals surface area contributed by atoms with Crippen molar-refractivity contribution in [3.05, 3.63) is 57.0 Å². The molecule has 0 aliphatic rings. The van der Waals surface area contributed by atoms with Crippen LogP contribution in [0.5, 0.6) is 0 Å². The molecule has 2 heterocycles. The molecule has 0 saturated heterocycles. The number of pyridine rings is 1. The Kier molecular flexibility index (Phi) is 3.73. The molecule has 0 amide bonds. The van der Waals surface area contributed by atoms with E-state index < -0.39 is 0 Å². The highest BCUT2D eigenvalue weighted by molar-refractivity contribution is 9.10. The van der Waals surface area contributed by atoms with Gasteiger partial charge in [-0.3, -0.25) is 14.6 Å². The van der Waals surface area contributed by atoms with Crippen molar-refractivity contribution < 1.29 is 0 Å². The SMILES string of the molecule is Cc1cc(-n2c(-c3cccnc3)n[nH]c2=S)cc(C)c1Br. The van der Waals surface area contributed by atoms with Crippen LogP contribution in [0.15, 0.2) is 41.1 Å². The second kappa shape index (κ2) is 5.54. The molecule has 106 valence electrons. The molecule has 0 aliphatic heterocycles. The van der Waals surface area contributed by atoms with E-state index in [1.165, 1.54) is 0 Å². The minimum atomic E-state index is 0.565. The molecule has 2 aromatic heterocycles. The van der Waals surface area contributed by atoms with Gasteiger partial charge in [0.1, 0.15) is 0 Å². The zero-order chi connectivity index (χ0) is 15.0. The van der Waals surface area contributed by atoms with Gasteiger partial charge in [0.25, 0.3) is 0 Å². The van der Waals surface area contributed by atoms with Crippen LogP contribution in [-0.2, 0) is 0 Å². The summed E-state index contributed by atoms with van der Waals surface area (Å²) >= 11 is 8.98. The molecule has 1 N–H and O–H groups in total. The molecule has 3 aromatic rings. The van der Waals surface area contributed by atoms with E-state index in [0.717, 1.165) is 32.7 Å². The van der Waals surface area contributed by atoms with Crippen molar-refractivity contribution in [1.29, 1.82) is 0 Å². The van der Waals surface area contributed by atoms with Crippen LogP contribution in [0.25, 0.3) is 17.1 Å². The van der Waals surface area contributed by atoms with Crippen molar-refractivity contribution in [1.82, 2.24) is 19.7 Å². The van der Waals surface area contributed by atoms with Crippen molar-refractivity contribution in [3.63, 3.8) is 0 Å². The number of rotatable bonds is 2. The largest absolute Gasteiger partial charge is 0.268 e. The molecule has 4 nitrogen and oxygen atoms in total. The van der Waals surface area contributed by atoms with Crippen LogP contribution < -0.4 is 0 Å². The van der Waals surface area contributed by atoms with E-state index in [1.807, 2.05) is 16.7 Å². The van der Waals surface area contributed by atoms with Crippen LogP contribution in [-0.4, -0.2) is 19.7 Å². The zero-order valence-electron chi connectivity index (χ0n) is 11.6. The van der Waals surface area contributed by atoms with Gasteiger partial charge in [0, 0.05) is 22.4 Å².